The summed E-state index contributed by atoms with van der Waals surface area (Å²) in [5.74, 6) is 5.34. The fraction of sp³-hybridized carbons (Fsp3) is 0.818. The summed E-state index contributed by atoms with van der Waals surface area (Å²) in [4.78, 5) is 0. The number of nitrogens with one attached hydrogen (secondary N) is 1. The predicted octanol–water partition coefficient (Wildman–Crippen LogP) is 2.47. The van der Waals surface area contributed by atoms with Crippen LogP contribution in [-0.2, 0) is 0 Å². The molecule has 0 atom stereocenters. The summed E-state index contributed by atoms with van der Waals surface area (Å²) in [6.07, 6.45) is 4.20. The van der Waals surface area contributed by atoms with Gasteiger partial charge in [-0.25, -0.2) is 0 Å². The van der Waals surface area contributed by atoms with Crippen molar-refractivity contribution >= 4 is 0 Å². The van der Waals surface area contributed by atoms with Crippen molar-refractivity contribution < 1.29 is 0 Å². The first-order valence-corrected chi connectivity index (χ1v) is 4.87. The minimum absolute atomic E-state index is 0.251. The van der Waals surface area contributed by atoms with Gasteiger partial charge in [0, 0.05) is 6.54 Å². The molecule has 13 heavy (non-hydrogen) atoms. The van der Waals surface area contributed by atoms with Gasteiger partial charge < -0.3 is 0 Å². The molecule has 2 heteroatoms. The normalized spacial score (nSPS) is 13.0. The maximum absolute atomic E-state index is 5.34. The lowest BCUT2D eigenvalue weighted by Crippen LogP contribution is -2.36. The summed E-state index contributed by atoms with van der Waals surface area (Å²) >= 11 is 0. The SMILES string of the molecule is C=CCC(C)(C)CC(C)(C)CNN. The van der Waals surface area contributed by atoms with Crippen molar-refractivity contribution in [3.63, 3.8) is 0 Å². The minimum Gasteiger partial charge on any atom is -0.271 e. The van der Waals surface area contributed by atoms with Crippen molar-refractivity contribution in [2.24, 2.45) is 16.7 Å². The van der Waals surface area contributed by atoms with E-state index in [0.717, 1.165) is 19.4 Å². The highest BCUT2D eigenvalue weighted by atomic mass is 15.2. The number of nitrogens with two attached hydrogens (primary N) is 1. The molecule has 0 aliphatic heterocycles. The molecule has 0 aliphatic carbocycles. The third kappa shape index (κ3) is 5.83. The number of hydrazine groups is 1. The Morgan fingerprint density at radius 1 is 1.23 bits per heavy atom. The van der Waals surface area contributed by atoms with E-state index in [1.165, 1.54) is 0 Å². The molecule has 0 aliphatic rings. The fourth-order valence-electron chi connectivity index (χ4n) is 2.10. The van der Waals surface area contributed by atoms with Crippen molar-refractivity contribution in [2.45, 2.75) is 40.5 Å². The Hall–Kier alpha value is -0.340. The number of rotatable bonds is 6. The second-order valence-electron chi connectivity index (χ2n) is 5.38. The molecule has 0 spiro atoms. The lowest BCUT2D eigenvalue weighted by atomic mass is 9.73. The smallest absolute Gasteiger partial charge is 0.0149 e. The average molecular weight is 184 g/mol. The molecule has 0 aromatic carbocycles. The van der Waals surface area contributed by atoms with Gasteiger partial charge in [-0.1, -0.05) is 33.8 Å². The second-order valence-corrected chi connectivity index (χ2v) is 5.38. The first kappa shape index (κ1) is 12.7. The van der Waals surface area contributed by atoms with Crippen LogP contribution >= 0.6 is 0 Å². The Balaban J connectivity index is 4.14. The Morgan fingerprint density at radius 2 is 1.77 bits per heavy atom. The zero-order chi connectivity index (χ0) is 10.5. The lowest BCUT2D eigenvalue weighted by molar-refractivity contribution is 0.191. The van der Waals surface area contributed by atoms with E-state index in [2.05, 4.69) is 39.7 Å². The van der Waals surface area contributed by atoms with Crippen molar-refractivity contribution in [3.8, 4) is 0 Å². The molecule has 0 aromatic heterocycles. The molecular formula is C11H24N2. The molecule has 0 radical (unpaired) electrons. The lowest BCUT2D eigenvalue weighted by Gasteiger charge is -2.34. The van der Waals surface area contributed by atoms with Crippen molar-refractivity contribution in [3.05, 3.63) is 12.7 Å². The summed E-state index contributed by atoms with van der Waals surface area (Å²) in [5, 5.41) is 0. The quantitative estimate of drug-likeness (QED) is 0.378. The van der Waals surface area contributed by atoms with E-state index in [1.54, 1.807) is 0 Å². The van der Waals surface area contributed by atoms with Gasteiger partial charge in [0.1, 0.15) is 0 Å². The Labute approximate surface area is 82.6 Å². The van der Waals surface area contributed by atoms with E-state index < -0.39 is 0 Å². The van der Waals surface area contributed by atoms with Crippen LogP contribution in [0.5, 0.6) is 0 Å². The third-order valence-corrected chi connectivity index (χ3v) is 2.23. The van der Waals surface area contributed by atoms with Crippen molar-refractivity contribution in [1.82, 2.24) is 5.43 Å². The van der Waals surface area contributed by atoms with Gasteiger partial charge in [-0.3, -0.25) is 11.3 Å². The van der Waals surface area contributed by atoms with Crippen LogP contribution in [0.25, 0.3) is 0 Å². The van der Waals surface area contributed by atoms with Crippen LogP contribution in [0.4, 0.5) is 0 Å². The molecular weight excluding hydrogens is 160 g/mol. The maximum Gasteiger partial charge on any atom is 0.0149 e. The number of hydrogen-bond acceptors (Lipinski definition) is 2. The second kappa shape index (κ2) is 4.77. The molecule has 78 valence electrons. The molecule has 3 N–H and O–H groups in total. The zero-order valence-corrected chi connectivity index (χ0v) is 9.48. The van der Waals surface area contributed by atoms with Crippen LogP contribution in [0, 0.1) is 10.8 Å². The average Bonchev–Trinajstić information content (AvgIpc) is 1.82. The van der Waals surface area contributed by atoms with Gasteiger partial charge in [0.05, 0.1) is 0 Å². The van der Waals surface area contributed by atoms with E-state index in [0.29, 0.717) is 5.41 Å². The van der Waals surface area contributed by atoms with Crippen LogP contribution < -0.4 is 11.3 Å². The topological polar surface area (TPSA) is 38.0 Å². The van der Waals surface area contributed by atoms with Crippen molar-refractivity contribution in [2.75, 3.05) is 6.54 Å². The first-order valence-electron chi connectivity index (χ1n) is 4.87. The van der Waals surface area contributed by atoms with Crippen LogP contribution in [0.2, 0.25) is 0 Å². The van der Waals surface area contributed by atoms with E-state index >= 15 is 0 Å². The standard InChI is InChI=1S/C11H24N2/c1-6-7-10(2,3)8-11(4,5)9-13-12/h6,13H,1,7-9,12H2,2-5H3. The maximum atomic E-state index is 5.34. The van der Waals surface area contributed by atoms with E-state index in [9.17, 15) is 0 Å². The van der Waals surface area contributed by atoms with Gasteiger partial charge in [0.25, 0.3) is 0 Å². The molecule has 0 bridgehead atoms. The van der Waals surface area contributed by atoms with Crippen molar-refractivity contribution in [1.29, 1.82) is 0 Å². The van der Waals surface area contributed by atoms with Gasteiger partial charge in [-0.05, 0) is 23.7 Å². The summed E-state index contributed by atoms with van der Waals surface area (Å²) in [7, 11) is 0. The third-order valence-electron chi connectivity index (χ3n) is 2.23. The van der Waals surface area contributed by atoms with Crippen LogP contribution in [0.3, 0.4) is 0 Å². The molecule has 0 saturated heterocycles. The monoisotopic (exact) mass is 184 g/mol. The number of hydrogen-bond donors (Lipinski definition) is 2. The van der Waals surface area contributed by atoms with Gasteiger partial charge >= 0.3 is 0 Å². The molecule has 0 amide bonds. The first-order chi connectivity index (χ1) is 5.83. The summed E-state index contributed by atoms with van der Waals surface area (Å²) in [6.45, 7) is 13.6. The highest BCUT2D eigenvalue weighted by Gasteiger charge is 2.27. The molecule has 0 unspecified atom stereocenters. The van der Waals surface area contributed by atoms with E-state index in [-0.39, 0.29) is 5.41 Å². The van der Waals surface area contributed by atoms with Gasteiger partial charge in [-0.15, -0.1) is 6.58 Å². The largest absolute Gasteiger partial charge is 0.271 e. The van der Waals surface area contributed by atoms with E-state index in [4.69, 9.17) is 5.84 Å². The summed E-state index contributed by atoms with van der Waals surface area (Å²) < 4.78 is 0. The van der Waals surface area contributed by atoms with Gasteiger partial charge in [0.15, 0.2) is 0 Å². The summed E-state index contributed by atoms with van der Waals surface area (Å²) in [5.41, 5.74) is 3.32. The van der Waals surface area contributed by atoms with Crippen LogP contribution in [-0.4, -0.2) is 6.54 Å². The number of allylic oxidation sites excluding steroid dienone is 1. The van der Waals surface area contributed by atoms with Gasteiger partial charge in [0.2, 0.25) is 0 Å². The molecule has 0 fully saturated rings. The Bertz CT molecular complexity index is 159. The molecule has 0 heterocycles. The Morgan fingerprint density at radius 3 is 2.15 bits per heavy atom. The molecule has 0 rings (SSSR count). The van der Waals surface area contributed by atoms with E-state index in [1.807, 2.05) is 6.08 Å². The Kier molecular flexibility index (Phi) is 4.65. The predicted molar refractivity (Wildman–Crippen MR) is 59.2 cm³/mol. The van der Waals surface area contributed by atoms with Crippen LogP contribution in [0.15, 0.2) is 12.7 Å². The molecule has 0 saturated carbocycles. The highest BCUT2D eigenvalue weighted by molar-refractivity contribution is 4.85. The van der Waals surface area contributed by atoms with Gasteiger partial charge in [-0.2, -0.15) is 0 Å². The van der Waals surface area contributed by atoms with Crippen LogP contribution in [0.1, 0.15) is 40.5 Å². The zero-order valence-electron chi connectivity index (χ0n) is 9.48. The minimum atomic E-state index is 0.251. The highest BCUT2D eigenvalue weighted by Crippen LogP contribution is 2.35. The fourth-order valence-corrected chi connectivity index (χ4v) is 2.10. The molecule has 2 nitrogen and oxygen atoms in total. The molecule has 0 aromatic rings. The summed E-state index contributed by atoms with van der Waals surface area (Å²) in [6, 6.07) is 0.